The summed E-state index contributed by atoms with van der Waals surface area (Å²) in [7, 11) is 2.14. The monoisotopic (exact) mass is 395 g/mol. The molecule has 0 amide bonds. The Kier molecular flexibility index (Phi) is 5.71. The Balaban J connectivity index is 1.42. The number of hydrogen-bond acceptors (Lipinski definition) is 9. The van der Waals surface area contributed by atoms with Gasteiger partial charge in [-0.15, -0.1) is 0 Å². The molecule has 28 heavy (non-hydrogen) atoms. The summed E-state index contributed by atoms with van der Waals surface area (Å²) in [4.78, 5) is 23.0. The third-order valence-corrected chi connectivity index (χ3v) is 5.79. The van der Waals surface area contributed by atoms with Crippen molar-refractivity contribution in [2.45, 2.75) is 5.92 Å². The van der Waals surface area contributed by atoms with Crippen molar-refractivity contribution in [3.63, 3.8) is 0 Å². The molecule has 0 saturated carbocycles. The van der Waals surface area contributed by atoms with Gasteiger partial charge in [-0.1, -0.05) is 11.3 Å². The first-order chi connectivity index (χ1) is 13.7. The number of nitriles is 1. The highest BCUT2D eigenvalue weighted by molar-refractivity contribution is 7.18. The van der Waals surface area contributed by atoms with Crippen molar-refractivity contribution < 1.29 is 4.74 Å². The molecule has 8 nitrogen and oxygen atoms in total. The summed E-state index contributed by atoms with van der Waals surface area (Å²) in [5.74, 6) is -0.567. The summed E-state index contributed by atoms with van der Waals surface area (Å²) in [6.07, 6.45) is 3.35. The van der Waals surface area contributed by atoms with E-state index in [0.29, 0.717) is 23.3 Å². The van der Waals surface area contributed by atoms with Crippen molar-refractivity contribution in [3.8, 4) is 12.1 Å². The Labute approximate surface area is 167 Å². The number of ether oxygens (including phenoxy) is 1. The van der Waals surface area contributed by atoms with Crippen molar-refractivity contribution in [2.24, 2.45) is 0 Å². The number of rotatable bonds is 6. The predicted molar refractivity (Wildman–Crippen MR) is 106 cm³/mol. The minimum absolute atomic E-state index is 0.297. The van der Waals surface area contributed by atoms with E-state index in [1.807, 2.05) is 12.1 Å². The van der Waals surface area contributed by atoms with E-state index < -0.39 is 5.92 Å². The highest BCUT2D eigenvalue weighted by Gasteiger charge is 2.21. The van der Waals surface area contributed by atoms with Crippen LogP contribution in [0.1, 0.15) is 16.6 Å². The molecule has 0 aromatic carbocycles. The molecule has 1 aliphatic rings. The Bertz CT molecular complexity index is 945. The van der Waals surface area contributed by atoms with Crippen LogP contribution >= 0.6 is 11.3 Å². The van der Waals surface area contributed by atoms with E-state index in [1.54, 1.807) is 18.5 Å². The van der Waals surface area contributed by atoms with Gasteiger partial charge in [-0.3, -0.25) is 4.90 Å². The molecule has 1 saturated heterocycles. The van der Waals surface area contributed by atoms with Crippen molar-refractivity contribution in [1.82, 2.24) is 29.7 Å². The zero-order chi connectivity index (χ0) is 19.3. The van der Waals surface area contributed by atoms with E-state index in [1.165, 1.54) is 11.3 Å². The van der Waals surface area contributed by atoms with Gasteiger partial charge in [-0.05, 0) is 25.2 Å². The zero-order valence-electron chi connectivity index (χ0n) is 15.7. The maximum atomic E-state index is 9.70. The van der Waals surface area contributed by atoms with Crippen molar-refractivity contribution in [3.05, 3.63) is 41.3 Å². The average Bonchev–Trinajstić information content (AvgIpc) is 3.14. The Morgan fingerprint density at radius 3 is 2.82 bits per heavy atom. The number of pyridine rings is 1. The van der Waals surface area contributed by atoms with Gasteiger partial charge in [-0.25, -0.2) is 15.0 Å². The largest absolute Gasteiger partial charge is 0.462 e. The second kappa shape index (κ2) is 8.56. The van der Waals surface area contributed by atoms with Crippen LogP contribution in [0.3, 0.4) is 0 Å². The molecule has 0 aliphatic carbocycles. The fraction of sp³-hybridized carbons (Fsp3) is 0.421. The number of fused-ring (bicyclic) bond motifs is 1. The normalized spacial score (nSPS) is 16.7. The lowest BCUT2D eigenvalue weighted by molar-refractivity contribution is 0.131. The third-order valence-electron chi connectivity index (χ3n) is 4.74. The van der Waals surface area contributed by atoms with Crippen LogP contribution in [0.15, 0.2) is 30.6 Å². The van der Waals surface area contributed by atoms with Gasteiger partial charge in [0.25, 0.3) is 0 Å². The fourth-order valence-electron chi connectivity index (χ4n) is 3.08. The molecule has 1 aliphatic heterocycles. The van der Waals surface area contributed by atoms with E-state index in [-0.39, 0.29) is 0 Å². The lowest BCUT2D eigenvalue weighted by Gasteiger charge is -2.32. The van der Waals surface area contributed by atoms with Crippen LogP contribution in [0, 0.1) is 11.3 Å². The molecule has 3 aromatic heterocycles. The second-order valence-electron chi connectivity index (χ2n) is 6.70. The lowest BCUT2D eigenvalue weighted by Crippen LogP contribution is -2.45. The fourth-order valence-corrected chi connectivity index (χ4v) is 4.04. The van der Waals surface area contributed by atoms with Crippen LogP contribution in [-0.4, -0.2) is 76.1 Å². The summed E-state index contributed by atoms with van der Waals surface area (Å²) >= 11 is 1.41. The molecule has 1 unspecified atom stereocenters. The van der Waals surface area contributed by atoms with E-state index >= 15 is 0 Å². The molecule has 0 bridgehead atoms. The highest BCUT2D eigenvalue weighted by Crippen LogP contribution is 2.29. The van der Waals surface area contributed by atoms with E-state index in [0.717, 1.165) is 43.1 Å². The third kappa shape index (κ3) is 4.25. The number of hydrogen-bond donors (Lipinski definition) is 0. The van der Waals surface area contributed by atoms with Crippen LogP contribution in [0.2, 0.25) is 0 Å². The molecule has 144 valence electrons. The summed E-state index contributed by atoms with van der Waals surface area (Å²) < 4.78 is 5.75. The maximum Gasteiger partial charge on any atom is 0.316 e. The molecule has 4 heterocycles. The Morgan fingerprint density at radius 1 is 1.18 bits per heavy atom. The van der Waals surface area contributed by atoms with E-state index in [9.17, 15) is 5.26 Å². The number of nitrogens with zero attached hydrogens (tertiary/aromatic N) is 7. The molecule has 4 rings (SSSR count). The lowest BCUT2D eigenvalue weighted by atomic mass is 10.1. The Morgan fingerprint density at radius 2 is 2.04 bits per heavy atom. The minimum atomic E-state index is -0.567. The molecule has 3 aromatic rings. The Hall–Kier alpha value is -2.67. The van der Waals surface area contributed by atoms with Gasteiger partial charge in [0.15, 0.2) is 0 Å². The standard InChI is InChI=1S/C19H21N7OS/c1-25-7-9-26(10-8-25)11-12-27-19-22-6-4-15(24-19)14(13-20)17-23-16-3-2-5-21-18(16)28-17/h2-6,14H,7-12H2,1H3. The van der Waals surface area contributed by atoms with Crippen LogP contribution in [0.25, 0.3) is 10.3 Å². The van der Waals surface area contributed by atoms with Gasteiger partial charge in [0.1, 0.15) is 27.9 Å². The van der Waals surface area contributed by atoms with Crippen molar-refractivity contribution >= 4 is 21.7 Å². The number of piperazine rings is 1. The van der Waals surface area contributed by atoms with Gasteiger partial charge in [-0.2, -0.15) is 10.2 Å². The number of likely N-dealkylation sites (N-methyl/N-ethyl adjacent to an activating group) is 1. The van der Waals surface area contributed by atoms with Gasteiger partial charge >= 0.3 is 6.01 Å². The molecule has 9 heteroatoms. The predicted octanol–water partition coefficient (Wildman–Crippen LogP) is 1.76. The van der Waals surface area contributed by atoms with Gasteiger partial charge in [0, 0.05) is 45.1 Å². The molecule has 0 N–H and O–H groups in total. The summed E-state index contributed by atoms with van der Waals surface area (Å²) in [6.45, 7) is 5.60. The van der Waals surface area contributed by atoms with E-state index in [4.69, 9.17) is 4.74 Å². The van der Waals surface area contributed by atoms with Gasteiger partial charge in [0.05, 0.1) is 11.8 Å². The van der Waals surface area contributed by atoms with Gasteiger partial charge in [0.2, 0.25) is 0 Å². The van der Waals surface area contributed by atoms with E-state index in [2.05, 4.69) is 42.9 Å². The SMILES string of the molecule is CN1CCN(CCOc2nccc(C(C#N)c3nc4cccnc4s3)n2)CC1. The smallest absolute Gasteiger partial charge is 0.316 e. The molecule has 0 spiro atoms. The van der Waals surface area contributed by atoms with Gasteiger partial charge < -0.3 is 9.64 Å². The molecular weight excluding hydrogens is 374 g/mol. The van der Waals surface area contributed by atoms with Crippen molar-refractivity contribution in [1.29, 1.82) is 5.26 Å². The first-order valence-corrected chi connectivity index (χ1v) is 10.0. The molecule has 1 fully saturated rings. The summed E-state index contributed by atoms with van der Waals surface area (Å²) in [5.41, 5.74) is 1.38. The quantitative estimate of drug-likeness (QED) is 0.624. The first kappa shape index (κ1) is 18.7. The maximum absolute atomic E-state index is 9.70. The van der Waals surface area contributed by atoms with Crippen LogP contribution in [0.5, 0.6) is 6.01 Å². The van der Waals surface area contributed by atoms with Crippen LogP contribution < -0.4 is 4.74 Å². The van der Waals surface area contributed by atoms with Crippen LogP contribution in [0.4, 0.5) is 0 Å². The highest BCUT2D eigenvalue weighted by atomic mass is 32.1. The zero-order valence-corrected chi connectivity index (χ0v) is 16.5. The topological polar surface area (TPSA) is 91.1 Å². The summed E-state index contributed by atoms with van der Waals surface area (Å²) in [5, 5.41) is 10.4. The first-order valence-electron chi connectivity index (χ1n) is 9.20. The summed E-state index contributed by atoms with van der Waals surface area (Å²) in [6, 6.07) is 8.06. The average molecular weight is 395 g/mol. The molecular formula is C19H21N7OS. The minimum Gasteiger partial charge on any atom is -0.462 e. The second-order valence-corrected chi connectivity index (χ2v) is 7.71. The van der Waals surface area contributed by atoms with Crippen LogP contribution in [-0.2, 0) is 0 Å². The van der Waals surface area contributed by atoms with Crippen molar-refractivity contribution in [2.75, 3.05) is 46.4 Å². The number of thiazole rings is 1. The molecule has 0 radical (unpaired) electrons. The molecule has 1 atom stereocenters. The number of aromatic nitrogens is 4.